The first-order valence-electron chi connectivity index (χ1n) is 8.82. The molecule has 1 fully saturated rings. The molecule has 0 atom stereocenters. The Morgan fingerprint density at radius 3 is 2.59 bits per heavy atom. The zero-order valence-electron chi connectivity index (χ0n) is 14.8. The van der Waals surface area contributed by atoms with E-state index in [2.05, 4.69) is 20.3 Å². The quantitative estimate of drug-likeness (QED) is 0.760. The lowest BCUT2D eigenvalue weighted by Crippen LogP contribution is -2.32. The highest BCUT2D eigenvalue weighted by Gasteiger charge is 2.37. The molecule has 0 unspecified atom stereocenters. The van der Waals surface area contributed by atoms with Crippen LogP contribution in [-0.2, 0) is 11.8 Å². The summed E-state index contributed by atoms with van der Waals surface area (Å²) in [5.74, 6) is -2.89. The van der Waals surface area contributed by atoms with Crippen molar-refractivity contribution in [3.05, 3.63) is 37.1 Å². The van der Waals surface area contributed by atoms with Gasteiger partial charge < -0.3 is 9.88 Å². The van der Waals surface area contributed by atoms with Gasteiger partial charge in [0, 0.05) is 43.6 Å². The lowest BCUT2D eigenvalue weighted by molar-refractivity contribution is -0.124. The average Bonchev–Trinajstić information content (AvgIpc) is 3.07. The fraction of sp³-hybridized carbons (Fsp3) is 0.368. The number of rotatable bonds is 3. The Morgan fingerprint density at radius 2 is 1.89 bits per heavy atom. The first kappa shape index (κ1) is 17.5. The molecule has 4 rings (SSSR count). The van der Waals surface area contributed by atoms with Gasteiger partial charge in [-0.3, -0.25) is 9.78 Å². The number of fused-ring (bicyclic) bond motifs is 1. The van der Waals surface area contributed by atoms with E-state index < -0.39 is 11.8 Å². The van der Waals surface area contributed by atoms with E-state index in [9.17, 15) is 13.6 Å². The maximum Gasteiger partial charge on any atom is 0.248 e. The van der Waals surface area contributed by atoms with Crippen molar-refractivity contribution >= 4 is 22.5 Å². The fourth-order valence-electron chi connectivity index (χ4n) is 3.38. The Kier molecular flexibility index (Phi) is 4.33. The maximum absolute atomic E-state index is 13.3. The summed E-state index contributed by atoms with van der Waals surface area (Å²) in [6.07, 6.45) is 6.71. The third-order valence-electron chi connectivity index (χ3n) is 5.02. The maximum atomic E-state index is 13.3. The smallest absolute Gasteiger partial charge is 0.248 e. The standard InChI is InChI=1S/C19H19F2N5O/c1-26-11-22-10-16(26)15-6-13-7-17(24-9-14(13)8-23-15)25-18(27)12-2-4-19(20,21)5-3-12/h6-12H,2-5H2,1H3,(H,24,25,27). The van der Waals surface area contributed by atoms with Crippen molar-refractivity contribution in [2.24, 2.45) is 13.0 Å². The van der Waals surface area contributed by atoms with Crippen LogP contribution in [0.1, 0.15) is 25.7 Å². The largest absolute Gasteiger partial charge is 0.332 e. The molecule has 0 spiro atoms. The van der Waals surface area contributed by atoms with Crippen molar-refractivity contribution in [3.8, 4) is 11.4 Å². The number of nitrogens with zero attached hydrogens (tertiary/aromatic N) is 4. The second-order valence-corrected chi connectivity index (χ2v) is 7.00. The van der Waals surface area contributed by atoms with E-state index in [0.29, 0.717) is 5.82 Å². The number of aromatic nitrogens is 4. The van der Waals surface area contributed by atoms with Gasteiger partial charge in [0.1, 0.15) is 5.82 Å². The predicted molar refractivity (Wildman–Crippen MR) is 97.3 cm³/mol. The molecule has 1 N–H and O–H groups in total. The number of nitrogens with one attached hydrogen (secondary N) is 1. The number of hydrogen-bond acceptors (Lipinski definition) is 4. The molecule has 3 aromatic rings. The number of aryl methyl sites for hydroxylation is 1. The number of hydrogen-bond donors (Lipinski definition) is 1. The van der Waals surface area contributed by atoms with Crippen LogP contribution < -0.4 is 5.32 Å². The van der Waals surface area contributed by atoms with Gasteiger partial charge in [0.25, 0.3) is 0 Å². The van der Waals surface area contributed by atoms with Crippen LogP contribution in [-0.4, -0.2) is 31.3 Å². The number of carbonyl (C=O) groups is 1. The van der Waals surface area contributed by atoms with Crippen molar-refractivity contribution in [1.29, 1.82) is 0 Å². The molecule has 3 heterocycles. The van der Waals surface area contributed by atoms with Crippen molar-refractivity contribution in [1.82, 2.24) is 19.5 Å². The van der Waals surface area contributed by atoms with Crippen LogP contribution in [0.25, 0.3) is 22.2 Å². The highest BCUT2D eigenvalue weighted by atomic mass is 19.3. The second-order valence-electron chi connectivity index (χ2n) is 7.00. The molecule has 1 aliphatic carbocycles. The molecule has 1 aliphatic rings. The van der Waals surface area contributed by atoms with E-state index in [-0.39, 0.29) is 31.6 Å². The zero-order valence-corrected chi connectivity index (χ0v) is 14.8. The minimum Gasteiger partial charge on any atom is -0.332 e. The molecular weight excluding hydrogens is 352 g/mol. The lowest BCUT2D eigenvalue weighted by atomic mass is 9.86. The van der Waals surface area contributed by atoms with E-state index >= 15 is 0 Å². The molecule has 3 aromatic heterocycles. The van der Waals surface area contributed by atoms with Gasteiger partial charge in [0.2, 0.25) is 11.8 Å². The topological polar surface area (TPSA) is 72.7 Å². The van der Waals surface area contributed by atoms with Crippen molar-refractivity contribution < 1.29 is 13.6 Å². The lowest BCUT2D eigenvalue weighted by Gasteiger charge is -2.27. The van der Waals surface area contributed by atoms with Crippen LogP contribution in [0.5, 0.6) is 0 Å². The number of anilines is 1. The monoisotopic (exact) mass is 371 g/mol. The van der Waals surface area contributed by atoms with Crippen LogP contribution in [0.2, 0.25) is 0 Å². The van der Waals surface area contributed by atoms with Gasteiger partial charge in [-0.1, -0.05) is 0 Å². The third-order valence-corrected chi connectivity index (χ3v) is 5.02. The molecule has 0 aliphatic heterocycles. The van der Waals surface area contributed by atoms with Crippen molar-refractivity contribution in [3.63, 3.8) is 0 Å². The van der Waals surface area contributed by atoms with Crippen molar-refractivity contribution in [2.45, 2.75) is 31.6 Å². The molecule has 0 aromatic carbocycles. The summed E-state index contributed by atoms with van der Waals surface area (Å²) in [7, 11) is 1.89. The Bertz CT molecular complexity index is 991. The minimum atomic E-state index is -2.65. The Balaban J connectivity index is 1.54. The second kappa shape index (κ2) is 6.68. The van der Waals surface area contributed by atoms with E-state index in [1.54, 1.807) is 31.0 Å². The summed E-state index contributed by atoms with van der Waals surface area (Å²) in [5.41, 5.74) is 1.64. The van der Waals surface area contributed by atoms with E-state index in [1.165, 1.54) is 0 Å². The summed E-state index contributed by atoms with van der Waals surface area (Å²) in [4.78, 5) is 25.2. The fourth-order valence-corrected chi connectivity index (χ4v) is 3.38. The van der Waals surface area contributed by atoms with Gasteiger partial charge in [0.05, 0.1) is 23.9 Å². The van der Waals surface area contributed by atoms with Crippen LogP contribution in [0.3, 0.4) is 0 Å². The number of amides is 1. The molecule has 140 valence electrons. The zero-order chi connectivity index (χ0) is 19.0. The summed E-state index contributed by atoms with van der Waals surface area (Å²) in [5, 5.41) is 4.48. The third kappa shape index (κ3) is 3.65. The number of pyridine rings is 2. The molecule has 27 heavy (non-hydrogen) atoms. The van der Waals surface area contributed by atoms with Crippen LogP contribution >= 0.6 is 0 Å². The molecule has 6 nitrogen and oxygen atoms in total. The Morgan fingerprint density at radius 1 is 1.15 bits per heavy atom. The van der Waals surface area contributed by atoms with E-state index in [4.69, 9.17) is 0 Å². The van der Waals surface area contributed by atoms with Gasteiger partial charge in [-0.2, -0.15) is 0 Å². The first-order valence-corrected chi connectivity index (χ1v) is 8.82. The van der Waals surface area contributed by atoms with Crippen LogP contribution in [0.4, 0.5) is 14.6 Å². The number of halogens is 2. The Labute approximate surface area is 154 Å². The van der Waals surface area contributed by atoms with Gasteiger partial charge in [0.15, 0.2) is 0 Å². The molecule has 0 radical (unpaired) electrons. The van der Waals surface area contributed by atoms with Gasteiger partial charge >= 0.3 is 0 Å². The molecule has 1 amide bonds. The van der Waals surface area contributed by atoms with Crippen molar-refractivity contribution in [2.75, 3.05) is 5.32 Å². The van der Waals surface area contributed by atoms with Crippen LogP contribution in [0.15, 0.2) is 37.1 Å². The number of alkyl halides is 2. The molecule has 0 bridgehead atoms. The Hall–Kier alpha value is -2.90. The van der Waals surface area contributed by atoms with Gasteiger partial charge in [-0.25, -0.2) is 18.7 Å². The van der Waals surface area contributed by atoms with E-state index in [1.807, 2.05) is 17.7 Å². The molecular formula is C19H19F2N5O. The summed E-state index contributed by atoms with van der Waals surface area (Å²) >= 11 is 0. The minimum absolute atomic E-state index is 0.195. The average molecular weight is 371 g/mol. The van der Waals surface area contributed by atoms with E-state index in [0.717, 1.165) is 22.2 Å². The highest BCUT2D eigenvalue weighted by Crippen LogP contribution is 2.36. The number of carbonyl (C=O) groups excluding carboxylic acids is 1. The first-order chi connectivity index (χ1) is 12.9. The molecule has 1 saturated carbocycles. The SMILES string of the molecule is Cn1cncc1-c1cc2cc(NC(=O)C3CCC(F)(F)CC3)ncc2cn1. The van der Waals surface area contributed by atoms with Gasteiger partial charge in [-0.15, -0.1) is 0 Å². The van der Waals surface area contributed by atoms with Gasteiger partial charge in [-0.05, 0) is 30.4 Å². The molecule has 8 heteroatoms. The normalized spacial score (nSPS) is 17.1. The summed E-state index contributed by atoms with van der Waals surface area (Å²) in [6.45, 7) is 0. The molecule has 0 saturated heterocycles. The summed E-state index contributed by atoms with van der Waals surface area (Å²) in [6, 6.07) is 3.68. The highest BCUT2D eigenvalue weighted by molar-refractivity contribution is 5.94. The summed E-state index contributed by atoms with van der Waals surface area (Å²) < 4.78 is 28.4. The predicted octanol–water partition coefficient (Wildman–Crippen LogP) is 3.79. The van der Waals surface area contributed by atoms with Crippen LogP contribution in [0, 0.1) is 5.92 Å². The number of imidazole rings is 1.